The molecule has 100 valence electrons. The van der Waals surface area contributed by atoms with Crippen LogP contribution in [0.5, 0.6) is 0 Å². The molecule has 0 spiro atoms. The minimum Gasteiger partial charge on any atom is -0.512 e. The van der Waals surface area contributed by atoms with E-state index in [1.807, 2.05) is 20.8 Å². The van der Waals surface area contributed by atoms with Gasteiger partial charge in [0.15, 0.2) is 5.78 Å². The van der Waals surface area contributed by atoms with Gasteiger partial charge in [0.25, 0.3) is 0 Å². The summed E-state index contributed by atoms with van der Waals surface area (Å²) in [6.45, 7) is 7.11. The number of hydrogen-bond acceptors (Lipinski definition) is 2. The first kappa shape index (κ1) is 16.1. The van der Waals surface area contributed by atoms with Crippen LogP contribution in [0, 0.1) is 11.3 Å². The van der Waals surface area contributed by atoms with Gasteiger partial charge in [-0.1, -0.05) is 27.7 Å². The molecule has 0 fully saturated rings. The Balaban J connectivity index is 4.87. The van der Waals surface area contributed by atoms with E-state index < -0.39 is 12.1 Å². The van der Waals surface area contributed by atoms with Crippen molar-refractivity contribution in [2.45, 2.75) is 53.4 Å². The monoisotopic (exact) mass is 244 g/mol. The number of allylic oxidation sites excluding steroid dienone is 2. The Hall–Kier alpha value is -0.860. The molecule has 0 amide bonds. The average molecular weight is 244 g/mol. The lowest BCUT2D eigenvalue weighted by Gasteiger charge is -2.26. The number of ketones is 1. The lowest BCUT2D eigenvalue weighted by Crippen LogP contribution is -2.21. The van der Waals surface area contributed by atoms with Gasteiger partial charge in [0, 0.05) is 17.4 Å². The predicted molar refractivity (Wildman–Crippen MR) is 68.8 cm³/mol. The second kappa shape index (κ2) is 7.46. The SMILES string of the molecule is CCC(CC)C(=O)C=C(O)C(C)(CC)CCF. The molecular weight excluding hydrogens is 219 g/mol. The molecule has 2 nitrogen and oxygen atoms in total. The molecule has 0 radical (unpaired) electrons. The van der Waals surface area contributed by atoms with Crippen LogP contribution in [0.1, 0.15) is 53.4 Å². The molecule has 0 saturated carbocycles. The molecule has 1 N–H and O–H groups in total. The van der Waals surface area contributed by atoms with Crippen LogP contribution in [0.4, 0.5) is 4.39 Å². The smallest absolute Gasteiger partial charge is 0.162 e. The molecule has 0 heterocycles. The molecule has 0 aliphatic rings. The van der Waals surface area contributed by atoms with E-state index in [9.17, 15) is 14.3 Å². The summed E-state index contributed by atoms with van der Waals surface area (Å²) in [6.07, 6.45) is 3.71. The summed E-state index contributed by atoms with van der Waals surface area (Å²) in [5, 5.41) is 9.98. The van der Waals surface area contributed by atoms with E-state index in [1.165, 1.54) is 6.08 Å². The van der Waals surface area contributed by atoms with E-state index >= 15 is 0 Å². The van der Waals surface area contributed by atoms with Crippen molar-refractivity contribution in [2.75, 3.05) is 6.67 Å². The second-order valence-corrected chi connectivity index (χ2v) is 4.80. The number of alkyl halides is 1. The van der Waals surface area contributed by atoms with Crippen LogP contribution in [-0.4, -0.2) is 17.6 Å². The highest BCUT2D eigenvalue weighted by Gasteiger charge is 2.28. The first-order chi connectivity index (χ1) is 7.95. The molecule has 17 heavy (non-hydrogen) atoms. The lowest BCUT2D eigenvalue weighted by molar-refractivity contribution is -0.118. The number of hydrogen-bond donors (Lipinski definition) is 1. The van der Waals surface area contributed by atoms with Gasteiger partial charge in [-0.05, 0) is 25.7 Å². The first-order valence-electron chi connectivity index (χ1n) is 6.46. The molecule has 0 saturated heterocycles. The standard InChI is InChI=1S/C14H25FO2/c1-5-11(6-2)12(16)10-13(17)14(4,7-3)8-9-15/h10-11,17H,5-9H2,1-4H3. The second-order valence-electron chi connectivity index (χ2n) is 4.80. The molecule has 0 aromatic carbocycles. The van der Waals surface area contributed by atoms with E-state index in [0.29, 0.717) is 6.42 Å². The molecule has 1 atom stereocenters. The summed E-state index contributed by atoms with van der Waals surface area (Å²) >= 11 is 0. The van der Waals surface area contributed by atoms with Crippen LogP contribution in [0.2, 0.25) is 0 Å². The minimum atomic E-state index is -0.615. The van der Waals surface area contributed by atoms with Crippen LogP contribution in [-0.2, 0) is 4.79 Å². The quantitative estimate of drug-likeness (QED) is 0.513. The highest BCUT2D eigenvalue weighted by Crippen LogP contribution is 2.33. The number of carbonyl (C=O) groups excluding carboxylic acids is 1. The molecule has 0 aliphatic carbocycles. The number of halogens is 1. The molecular formula is C14H25FO2. The fourth-order valence-corrected chi connectivity index (χ4v) is 1.81. The van der Waals surface area contributed by atoms with E-state index in [0.717, 1.165) is 12.8 Å². The van der Waals surface area contributed by atoms with Crippen molar-refractivity contribution in [3.8, 4) is 0 Å². The van der Waals surface area contributed by atoms with Crippen molar-refractivity contribution < 1.29 is 14.3 Å². The summed E-state index contributed by atoms with van der Waals surface area (Å²) in [6, 6.07) is 0. The summed E-state index contributed by atoms with van der Waals surface area (Å²) in [5.41, 5.74) is -0.615. The molecule has 3 heteroatoms. The normalized spacial score (nSPS) is 16.0. The lowest BCUT2D eigenvalue weighted by atomic mass is 9.81. The fraction of sp³-hybridized carbons (Fsp3) is 0.786. The topological polar surface area (TPSA) is 37.3 Å². The van der Waals surface area contributed by atoms with Gasteiger partial charge in [0.2, 0.25) is 0 Å². The molecule has 0 aromatic rings. The van der Waals surface area contributed by atoms with Gasteiger partial charge in [-0.3, -0.25) is 9.18 Å². The Morgan fingerprint density at radius 1 is 1.35 bits per heavy atom. The van der Waals surface area contributed by atoms with Gasteiger partial charge in [-0.15, -0.1) is 0 Å². The van der Waals surface area contributed by atoms with Gasteiger partial charge < -0.3 is 5.11 Å². The Morgan fingerprint density at radius 3 is 2.24 bits per heavy atom. The third kappa shape index (κ3) is 4.49. The van der Waals surface area contributed by atoms with Gasteiger partial charge in [0.1, 0.15) is 5.76 Å². The zero-order chi connectivity index (χ0) is 13.5. The van der Waals surface area contributed by atoms with Crippen LogP contribution in [0.25, 0.3) is 0 Å². The Kier molecular flexibility index (Phi) is 7.09. The van der Waals surface area contributed by atoms with Gasteiger partial charge >= 0.3 is 0 Å². The highest BCUT2D eigenvalue weighted by molar-refractivity contribution is 5.92. The van der Waals surface area contributed by atoms with E-state index in [1.54, 1.807) is 6.92 Å². The van der Waals surface area contributed by atoms with Crippen molar-refractivity contribution >= 4 is 5.78 Å². The van der Waals surface area contributed by atoms with Crippen molar-refractivity contribution in [1.82, 2.24) is 0 Å². The zero-order valence-corrected chi connectivity index (χ0v) is 11.4. The maximum atomic E-state index is 12.4. The minimum absolute atomic E-state index is 0.0227. The van der Waals surface area contributed by atoms with E-state index in [4.69, 9.17) is 0 Å². The van der Waals surface area contributed by atoms with Crippen molar-refractivity contribution in [3.63, 3.8) is 0 Å². The Morgan fingerprint density at radius 2 is 1.88 bits per heavy atom. The zero-order valence-electron chi connectivity index (χ0n) is 11.4. The van der Waals surface area contributed by atoms with Gasteiger partial charge in [-0.25, -0.2) is 0 Å². The predicted octanol–water partition coefficient (Wildman–Crippen LogP) is 4.21. The Bertz CT molecular complexity index is 269. The fourth-order valence-electron chi connectivity index (χ4n) is 1.81. The summed E-state index contributed by atoms with van der Waals surface area (Å²) < 4.78 is 12.4. The molecule has 0 rings (SSSR count). The van der Waals surface area contributed by atoms with Gasteiger partial charge in [-0.2, -0.15) is 0 Å². The summed E-state index contributed by atoms with van der Waals surface area (Å²) in [5.74, 6) is -0.0655. The van der Waals surface area contributed by atoms with E-state index in [2.05, 4.69) is 0 Å². The van der Waals surface area contributed by atoms with Crippen LogP contribution in [0.15, 0.2) is 11.8 Å². The molecule has 0 bridgehead atoms. The third-order valence-electron chi connectivity index (χ3n) is 3.71. The number of rotatable bonds is 8. The third-order valence-corrected chi connectivity index (χ3v) is 3.71. The van der Waals surface area contributed by atoms with Crippen LogP contribution < -0.4 is 0 Å². The van der Waals surface area contributed by atoms with Crippen molar-refractivity contribution in [2.24, 2.45) is 11.3 Å². The first-order valence-corrected chi connectivity index (χ1v) is 6.46. The van der Waals surface area contributed by atoms with Crippen LogP contribution >= 0.6 is 0 Å². The number of aliphatic hydroxyl groups excluding tert-OH is 1. The van der Waals surface area contributed by atoms with Crippen LogP contribution in [0.3, 0.4) is 0 Å². The maximum absolute atomic E-state index is 12.4. The maximum Gasteiger partial charge on any atom is 0.162 e. The Labute approximate surface area is 104 Å². The molecule has 1 unspecified atom stereocenters. The van der Waals surface area contributed by atoms with E-state index in [-0.39, 0.29) is 23.9 Å². The molecule has 0 aliphatic heterocycles. The number of carbonyl (C=O) groups is 1. The average Bonchev–Trinajstić information content (AvgIpc) is 2.30. The largest absolute Gasteiger partial charge is 0.512 e. The molecule has 0 aromatic heterocycles. The summed E-state index contributed by atoms with van der Waals surface area (Å²) in [4.78, 5) is 11.9. The van der Waals surface area contributed by atoms with Gasteiger partial charge in [0.05, 0.1) is 6.67 Å². The highest BCUT2D eigenvalue weighted by atomic mass is 19.1. The van der Waals surface area contributed by atoms with Crippen molar-refractivity contribution in [3.05, 3.63) is 11.8 Å². The summed E-state index contributed by atoms with van der Waals surface area (Å²) in [7, 11) is 0. The number of aliphatic hydroxyl groups is 1. The van der Waals surface area contributed by atoms with Crippen molar-refractivity contribution in [1.29, 1.82) is 0 Å².